The summed E-state index contributed by atoms with van der Waals surface area (Å²) in [5.41, 5.74) is 1.70. The molecule has 0 heterocycles. The molecule has 0 aliphatic heterocycles. The van der Waals surface area contributed by atoms with E-state index in [1.54, 1.807) is 37.5 Å². The van der Waals surface area contributed by atoms with Crippen LogP contribution in [0.25, 0.3) is 6.08 Å². The lowest BCUT2D eigenvalue weighted by molar-refractivity contribution is -0.138. The van der Waals surface area contributed by atoms with Gasteiger partial charge in [0.15, 0.2) is 0 Å². The number of benzene rings is 1. The third-order valence-electron chi connectivity index (χ3n) is 4.13. The van der Waals surface area contributed by atoms with Gasteiger partial charge in [0.25, 0.3) is 0 Å². The highest BCUT2D eigenvalue weighted by atomic mass is 16.5. The summed E-state index contributed by atoms with van der Waals surface area (Å²) in [5.74, 6) is -1.03. The summed E-state index contributed by atoms with van der Waals surface area (Å²) >= 11 is 0. The number of rotatable bonds is 5. The highest BCUT2D eigenvalue weighted by Crippen LogP contribution is 2.30. The standard InChI is InChI=1S/C19H22O5/c1-23-15-10-8-13(9-11-15)12-16(19(22)24-2)17(18(20)21)14-6-4-3-5-7-14/h8-12H,3-7H2,1-2H3,(H,20,21)/b16-12-. The zero-order valence-corrected chi connectivity index (χ0v) is 14.0. The highest BCUT2D eigenvalue weighted by Gasteiger charge is 2.25. The molecule has 0 radical (unpaired) electrons. The first-order valence-corrected chi connectivity index (χ1v) is 7.96. The Morgan fingerprint density at radius 2 is 1.67 bits per heavy atom. The molecule has 128 valence electrons. The maximum atomic E-state index is 12.2. The van der Waals surface area contributed by atoms with Crippen molar-refractivity contribution in [2.75, 3.05) is 14.2 Å². The van der Waals surface area contributed by atoms with E-state index in [0.29, 0.717) is 24.2 Å². The Hall–Kier alpha value is -2.56. The van der Waals surface area contributed by atoms with E-state index in [-0.39, 0.29) is 11.1 Å². The van der Waals surface area contributed by atoms with Crippen molar-refractivity contribution >= 4 is 18.0 Å². The maximum absolute atomic E-state index is 12.2. The van der Waals surface area contributed by atoms with Gasteiger partial charge in [-0.2, -0.15) is 0 Å². The number of allylic oxidation sites excluding steroid dienone is 1. The minimum absolute atomic E-state index is 0.0809. The highest BCUT2D eigenvalue weighted by molar-refractivity contribution is 6.10. The summed E-state index contributed by atoms with van der Waals surface area (Å²) in [5, 5.41) is 9.67. The van der Waals surface area contributed by atoms with Gasteiger partial charge in [0.2, 0.25) is 0 Å². The van der Waals surface area contributed by atoms with Crippen LogP contribution in [0.1, 0.15) is 37.7 Å². The summed E-state index contributed by atoms with van der Waals surface area (Å²) in [4.78, 5) is 24.0. The van der Waals surface area contributed by atoms with Crippen LogP contribution in [0.4, 0.5) is 0 Å². The van der Waals surface area contributed by atoms with Crippen molar-refractivity contribution < 1.29 is 24.2 Å². The number of ether oxygens (including phenoxy) is 2. The molecule has 0 aromatic heterocycles. The van der Waals surface area contributed by atoms with E-state index >= 15 is 0 Å². The fourth-order valence-electron chi connectivity index (χ4n) is 2.90. The molecule has 0 amide bonds. The number of esters is 1. The summed E-state index contributed by atoms with van der Waals surface area (Å²) in [7, 11) is 2.83. The summed E-state index contributed by atoms with van der Waals surface area (Å²) in [6.45, 7) is 0. The van der Waals surface area contributed by atoms with Crippen LogP contribution >= 0.6 is 0 Å². The second-order valence-corrected chi connectivity index (χ2v) is 5.67. The Kier molecular flexibility index (Phi) is 6.18. The van der Waals surface area contributed by atoms with Crippen molar-refractivity contribution in [3.8, 4) is 5.75 Å². The SMILES string of the molecule is COC(=O)/C(=C\c1ccc(OC)cc1)C(C(=O)O)=C1CCCCC1. The molecule has 5 nitrogen and oxygen atoms in total. The molecule has 0 saturated heterocycles. The van der Waals surface area contributed by atoms with Crippen molar-refractivity contribution in [3.63, 3.8) is 0 Å². The van der Waals surface area contributed by atoms with Gasteiger partial charge < -0.3 is 14.6 Å². The molecule has 0 spiro atoms. The third kappa shape index (κ3) is 4.25. The van der Waals surface area contributed by atoms with Crippen LogP contribution < -0.4 is 4.74 Å². The molecule has 1 saturated carbocycles. The number of carboxylic acids is 1. The van der Waals surface area contributed by atoms with Gasteiger partial charge in [-0.3, -0.25) is 0 Å². The van der Waals surface area contributed by atoms with Crippen LogP contribution in [-0.4, -0.2) is 31.3 Å². The molecule has 1 aromatic rings. The number of carbonyl (C=O) groups is 2. The number of carboxylic acid groups (broad SMARTS) is 1. The van der Waals surface area contributed by atoms with Gasteiger partial charge >= 0.3 is 11.9 Å². The first-order valence-electron chi connectivity index (χ1n) is 7.96. The fourth-order valence-corrected chi connectivity index (χ4v) is 2.90. The number of methoxy groups -OCH3 is 2. The zero-order chi connectivity index (χ0) is 17.5. The van der Waals surface area contributed by atoms with Gasteiger partial charge in [0.05, 0.1) is 25.4 Å². The van der Waals surface area contributed by atoms with Crippen molar-refractivity contribution in [2.45, 2.75) is 32.1 Å². The van der Waals surface area contributed by atoms with Gasteiger partial charge in [-0.15, -0.1) is 0 Å². The van der Waals surface area contributed by atoms with Crippen LogP contribution in [0, 0.1) is 0 Å². The van der Waals surface area contributed by atoms with E-state index in [2.05, 4.69) is 0 Å². The quantitative estimate of drug-likeness (QED) is 0.660. The molecule has 1 fully saturated rings. The minimum Gasteiger partial charge on any atom is -0.497 e. The molecule has 5 heteroatoms. The average Bonchev–Trinajstić information content (AvgIpc) is 2.61. The van der Waals surface area contributed by atoms with E-state index in [1.165, 1.54) is 7.11 Å². The lowest BCUT2D eigenvalue weighted by Gasteiger charge is -2.18. The fraction of sp³-hybridized carbons (Fsp3) is 0.368. The normalized spacial score (nSPS) is 14.9. The monoisotopic (exact) mass is 330 g/mol. The second-order valence-electron chi connectivity index (χ2n) is 5.67. The number of carbonyl (C=O) groups excluding carboxylic acids is 1. The second kappa shape index (κ2) is 8.34. The van der Waals surface area contributed by atoms with Crippen LogP contribution in [0.5, 0.6) is 5.75 Å². The van der Waals surface area contributed by atoms with E-state index < -0.39 is 11.9 Å². The Balaban J connectivity index is 2.50. The molecule has 1 aliphatic rings. The lowest BCUT2D eigenvalue weighted by atomic mass is 9.87. The zero-order valence-electron chi connectivity index (χ0n) is 14.0. The van der Waals surface area contributed by atoms with Crippen LogP contribution in [0.3, 0.4) is 0 Å². The summed E-state index contributed by atoms with van der Waals surface area (Å²) in [6.07, 6.45) is 5.96. The molecular formula is C19H22O5. The van der Waals surface area contributed by atoms with Crippen LogP contribution in [-0.2, 0) is 14.3 Å². The Morgan fingerprint density at radius 3 is 2.17 bits per heavy atom. The van der Waals surface area contributed by atoms with Crippen LogP contribution in [0.2, 0.25) is 0 Å². The molecule has 0 bridgehead atoms. The van der Waals surface area contributed by atoms with Gasteiger partial charge in [-0.1, -0.05) is 24.1 Å². The number of hydrogen-bond acceptors (Lipinski definition) is 4. The predicted molar refractivity (Wildman–Crippen MR) is 90.7 cm³/mol. The largest absolute Gasteiger partial charge is 0.497 e. The van der Waals surface area contributed by atoms with Crippen molar-refractivity contribution in [2.24, 2.45) is 0 Å². The third-order valence-corrected chi connectivity index (χ3v) is 4.13. The molecule has 0 unspecified atom stereocenters. The molecule has 24 heavy (non-hydrogen) atoms. The van der Waals surface area contributed by atoms with Crippen molar-refractivity contribution in [1.29, 1.82) is 0 Å². The van der Waals surface area contributed by atoms with Gasteiger partial charge in [-0.25, -0.2) is 9.59 Å². The predicted octanol–water partition coefficient (Wildman–Crippen LogP) is 3.60. The topological polar surface area (TPSA) is 72.8 Å². The number of hydrogen-bond donors (Lipinski definition) is 1. The Morgan fingerprint density at radius 1 is 1.04 bits per heavy atom. The first kappa shape index (κ1) is 17.8. The molecule has 1 N–H and O–H groups in total. The first-order chi connectivity index (χ1) is 11.6. The van der Waals surface area contributed by atoms with Crippen molar-refractivity contribution in [3.05, 3.63) is 46.5 Å². The molecular weight excluding hydrogens is 308 g/mol. The van der Waals surface area contributed by atoms with E-state index in [9.17, 15) is 14.7 Å². The van der Waals surface area contributed by atoms with E-state index in [1.807, 2.05) is 0 Å². The Bertz CT molecular complexity index is 660. The number of aliphatic carboxylic acids is 1. The lowest BCUT2D eigenvalue weighted by Crippen LogP contribution is -2.16. The van der Waals surface area contributed by atoms with Gasteiger partial charge in [-0.05, 0) is 49.5 Å². The van der Waals surface area contributed by atoms with E-state index in [0.717, 1.165) is 24.8 Å². The summed E-state index contributed by atoms with van der Waals surface area (Å²) in [6, 6.07) is 7.06. The molecule has 1 aliphatic carbocycles. The smallest absolute Gasteiger partial charge is 0.338 e. The van der Waals surface area contributed by atoms with Crippen molar-refractivity contribution in [1.82, 2.24) is 0 Å². The average molecular weight is 330 g/mol. The molecule has 2 rings (SSSR count). The maximum Gasteiger partial charge on any atom is 0.338 e. The van der Waals surface area contributed by atoms with Crippen LogP contribution in [0.15, 0.2) is 41.0 Å². The Labute approximate surface area is 141 Å². The molecule has 0 atom stereocenters. The van der Waals surface area contributed by atoms with Gasteiger partial charge in [0, 0.05) is 0 Å². The minimum atomic E-state index is -1.09. The van der Waals surface area contributed by atoms with Gasteiger partial charge in [0.1, 0.15) is 5.75 Å². The summed E-state index contributed by atoms with van der Waals surface area (Å²) < 4.78 is 9.93. The van der Waals surface area contributed by atoms with E-state index in [4.69, 9.17) is 9.47 Å². The molecule has 1 aromatic carbocycles.